The number of hydrogen-bond acceptors (Lipinski definition) is 3. The fourth-order valence-corrected chi connectivity index (χ4v) is 3.41. The van der Waals surface area contributed by atoms with Gasteiger partial charge in [0, 0.05) is 12.1 Å². The first-order valence-electron chi connectivity index (χ1n) is 10.2. The van der Waals surface area contributed by atoms with Crippen molar-refractivity contribution < 1.29 is 31.8 Å². The van der Waals surface area contributed by atoms with Crippen molar-refractivity contribution in [3.05, 3.63) is 82.7 Å². The van der Waals surface area contributed by atoms with Crippen molar-refractivity contribution in [2.45, 2.75) is 38.7 Å². The summed E-state index contributed by atoms with van der Waals surface area (Å²) in [5, 5.41) is 18.8. The molecular formula is C25H20F5NO2. The SMILES string of the molecule is CCCCCc1ccc(-c2c(O)cc(F)c(C(F)(F)Oc3ccc(C#N)c(F)c3)c2F)cc1. The first-order valence-corrected chi connectivity index (χ1v) is 10.2. The van der Waals surface area contributed by atoms with E-state index in [1.54, 1.807) is 12.1 Å². The molecule has 0 fully saturated rings. The fraction of sp³-hybridized carbons (Fsp3) is 0.240. The molecule has 3 nitrogen and oxygen atoms in total. The van der Waals surface area contributed by atoms with Gasteiger partial charge in [-0.2, -0.15) is 14.0 Å². The van der Waals surface area contributed by atoms with Gasteiger partial charge in [0.25, 0.3) is 0 Å². The van der Waals surface area contributed by atoms with E-state index in [0.717, 1.165) is 43.4 Å². The molecule has 0 saturated carbocycles. The minimum atomic E-state index is -4.54. The highest BCUT2D eigenvalue weighted by molar-refractivity contribution is 5.72. The van der Waals surface area contributed by atoms with E-state index in [1.807, 2.05) is 0 Å². The van der Waals surface area contributed by atoms with Gasteiger partial charge in [0.2, 0.25) is 0 Å². The molecule has 0 spiro atoms. The van der Waals surface area contributed by atoms with Gasteiger partial charge in [0.15, 0.2) is 5.82 Å². The van der Waals surface area contributed by atoms with Crippen LogP contribution < -0.4 is 4.74 Å². The number of aryl methyl sites for hydroxylation is 1. The molecule has 1 N–H and O–H groups in total. The number of nitrogens with zero attached hydrogens (tertiary/aromatic N) is 1. The van der Waals surface area contributed by atoms with Crippen LogP contribution in [0.1, 0.15) is 42.9 Å². The molecule has 8 heteroatoms. The van der Waals surface area contributed by atoms with Crippen LogP contribution >= 0.6 is 0 Å². The van der Waals surface area contributed by atoms with Crippen LogP contribution in [0.15, 0.2) is 48.5 Å². The van der Waals surface area contributed by atoms with Gasteiger partial charge < -0.3 is 9.84 Å². The molecule has 3 rings (SSSR count). The van der Waals surface area contributed by atoms with Crippen LogP contribution in [0.5, 0.6) is 11.5 Å². The van der Waals surface area contributed by atoms with Crippen molar-refractivity contribution in [1.29, 1.82) is 5.26 Å². The predicted octanol–water partition coefficient (Wildman–Crippen LogP) is 7.21. The number of hydrogen-bond donors (Lipinski definition) is 1. The summed E-state index contributed by atoms with van der Waals surface area (Å²) in [6.07, 6.45) is -0.727. The zero-order valence-corrected chi connectivity index (χ0v) is 17.6. The van der Waals surface area contributed by atoms with Crippen molar-refractivity contribution >= 4 is 0 Å². The maximum Gasteiger partial charge on any atom is 0.432 e. The van der Waals surface area contributed by atoms with Crippen LogP contribution in [-0.4, -0.2) is 5.11 Å². The van der Waals surface area contributed by atoms with E-state index >= 15 is 4.39 Å². The molecule has 33 heavy (non-hydrogen) atoms. The normalized spacial score (nSPS) is 11.3. The summed E-state index contributed by atoms with van der Waals surface area (Å²) < 4.78 is 77.2. The largest absolute Gasteiger partial charge is 0.507 e. The van der Waals surface area contributed by atoms with Gasteiger partial charge in [-0.1, -0.05) is 44.0 Å². The third-order valence-corrected chi connectivity index (χ3v) is 5.11. The van der Waals surface area contributed by atoms with Gasteiger partial charge in [-0.05, 0) is 36.1 Å². The molecule has 0 aliphatic rings. The Hall–Kier alpha value is -3.60. The van der Waals surface area contributed by atoms with Gasteiger partial charge in [-0.3, -0.25) is 0 Å². The van der Waals surface area contributed by atoms with E-state index in [4.69, 9.17) is 5.26 Å². The number of halogens is 5. The van der Waals surface area contributed by atoms with Crippen molar-refractivity contribution in [3.8, 4) is 28.7 Å². The molecule has 0 aliphatic heterocycles. The highest BCUT2D eigenvalue weighted by Crippen LogP contribution is 2.42. The fourth-order valence-electron chi connectivity index (χ4n) is 3.41. The molecule has 0 aromatic heterocycles. The number of nitriles is 1. The minimum absolute atomic E-state index is 0.0747. The Balaban J connectivity index is 1.97. The Kier molecular flexibility index (Phi) is 7.22. The Morgan fingerprint density at radius 3 is 2.27 bits per heavy atom. The summed E-state index contributed by atoms with van der Waals surface area (Å²) in [6.45, 7) is 2.07. The maximum atomic E-state index is 15.1. The van der Waals surface area contributed by atoms with Crippen LogP contribution in [0.4, 0.5) is 22.0 Å². The van der Waals surface area contributed by atoms with Gasteiger partial charge >= 0.3 is 6.11 Å². The molecule has 0 bridgehead atoms. The molecule has 3 aromatic rings. The lowest BCUT2D eigenvalue weighted by Crippen LogP contribution is -2.25. The zero-order chi connectivity index (χ0) is 24.2. The molecule has 172 valence electrons. The quantitative estimate of drug-likeness (QED) is 0.285. The van der Waals surface area contributed by atoms with E-state index in [-0.39, 0.29) is 5.56 Å². The van der Waals surface area contributed by atoms with Gasteiger partial charge in [0.05, 0.1) is 11.1 Å². The Morgan fingerprint density at radius 2 is 1.67 bits per heavy atom. The second-order valence-corrected chi connectivity index (χ2v) is 7.47. The minimum Gasteiger partial charge on any atom is -0.507 e. The van der Waals surface area contributed by atoms with E-state index in [0.29, 0.717) is 12.1 Å². The van der Waals surface area contributed by atoms with E-state index in [9.17, 15) is 22.7 Å². The van der Waals surface area contributed by atoms with Crippen LogP contribution in [0.25, 0.3) is 11.1 Å². The second kappa shape index (κ2) is 9.90. The molecule has 0 radical (unpaired) electrons. The first-order chi connectivity index (χ1) is 15.7. The highest BCUT2D eigenvalue weighted by atomic mass is 19.3. The van der Waals surface area contributed by atoms with E-state index < -0.39 is 51.7 Å². The summed E-state index contributed by atoms with van der Waals surface area (Å²) in [7, 11) is 0. The standard InChI is InChI=1S/C25H20F5NO2/c1-2-3-4-5-15-6-8-16(9-7-15)22-21(32)13-20(27)23(24(22)28)25(29,30)33-18-11-10-17(14-31)19(26)12-18/h6-13,32H,2-5H2,1H3. The lowest BCUT2D eigenvalue weighted by atomic mass is 9.97. The number of phenols is 1. The van der Waals surface area contributed by atoms with Crippen LogP contribution in [0, 0.1) is 28.8 Å². The van der Waals surface area contributed by atoms with Gasteiger partial charge in [0.1, 0.15) is 34.8 Å². The maximum absolute atomic E-state index is 15.1. The van der Waals surface area contributed by atoms with Crippen LogP contribution in [0.3, 0.4) is 0 Å². The summed E-state index contributed by atoms with van der Waals surface area (Å²) in [5.74, 6) is -6.15. The lowest BCUT2D eigenvalue weighted by molar-refractivity contribution is -0.189. The molecule has 0 unspecified atom stereocenters. The van der Waals surface area contributed by atoms with Crippen molar-refractivity contribution in [2.24, 2.45) is 0 Å². The molecule has 0 atom stereocenters. The number of benzene rings is 3. The average Bonchev–Trinajstić information content (AvgIpc) is 2.74. The van der Waals surface area contributed by atoms with Crippen molar-refractivity contribution in [1.82, 2.24) is 0 Å². The molecule has 0 amide bonds. The average molecular weight is 461 g/mol. The van der Waals surface area contributed by atoms with E-state index in [2.05, 4.69) is 11.7 Å². The van der Waals surface area contributed by atoms with Gasteiger partial charge in [-0.15, -0.1) is 0 Å². The summed E-state index contributed by atoms with van der Waals surface area (Å²) in [6, 6.07) is 10.5. The number of phenolic OH excluding ortho intramolecular Hbond substituents is 1. The first kappa shape index (κ1) is 24.1. The van der Waals surface area contributed by atoms with E-state index in [1.165, 1.54) is 18.2 Å². The summed E-state index contributed by atoms with van der Waals surface area (Å²) in [5.41, 5.74) is -1.72. The Morgan fingerprint density at radius 1 is 0.970 bits per heavy atom. The number of alkyl halides is 2. The number of rotatable bonds is 8. The Labute approximate surface area is 187 Å². The second-order valence-electron chi connectivity index (χ2n) is 7.47. The highest BCUT2D eigenvalue weighted by Gasteiger charge is 2.43. The third kappa shape index (κ3) is 5.25. The number of unbranched alkanes of at least 4 members (excludes halogenated alkanes) is 2. The molecule has 0 saturated heterocycles. The topological polar surface area (TPSA) is 53.2 Å². The molecule has 0 heterocycles. The van der Waals surface area contributed by atoms with Crippen LogP contribution in [0.2, 0.25) is 0 Å². The van der Waals surface area contributed by atoms with Crippen LogP contribution in [-0.2, 0) is 12.5 Å². The number of ether oxygens (including phenoxy) is 1. The molecule has 0 aliphatic carbocycles. The van der Waals surface area contributed by atoms with Crippen molar-refractivity contribution in [2.75, 3.05) is 0 Å². The molecular weight excluding hydrogens is 441 g/mol. The smallest absolute Gasteiger partial charge is 0.432 e. The Bertz CT molecular complexity index is 1190. The van der Waals surface area contributed by atoms with Crippen molar-refractivity contribution in [3.63, 3.8) is 0 Å². The predicted molar refractivity (Wildman–Crippen MR) is 112 cm³/mol. The summed E-state index contributed by atoms with van der Waals surface area (Å²) in [4.78, 5) is 0. The summed E-state index contributed by atoms with van der Waals surface area (Å²) >= 11 is 0. The van der Waals surface area contributed by atoms with Gasteiger partial charge in [-0.25, -0.2) is 13.2 Å². The lowest BCUT2D eigenvalue weighted by Gasteiger charge is -2.21. The number of aromatic hydroxyl groups is 1. The monoisotopic (exact) mass is 461 g/mol. The third-order valence-electron chi connectivity index (χ3n) is 5.11. The zero-order valence-electron chi connectivity index (χ0n) is 17.6. The molecule has 3 aromatic carbocycles.